The molecule has 9 heteroatoms. The summed E-state index contributed by atoms with van der Waals surface area (Å²) in [4.78, 5) is 6.84. The van der Waals surface area contributed by atoms with E-state index in [1.807, 2.05) is 29.6 Å². The van der Waals surface area contributed by atoms with E-state index in [2.05, 4.69) is 4.90 Å². The highest BCUT2D eigenvalue weighted by molar-refractivity contribution is 7.92. The summed E-state index contributed by atoms with van der Waals surface area (Å²) < 4.78 is 39.2. The Balaban J connectivity index is 1.41. The molecule has 0 unspecified atom stereocenters. The second kappa shape index (κ2) is 8.83. The Kier molecular flexibility index (Phi) is 6.34. The molecule has 1 aromatic heterocycles. The molecular formula is C21H19Cl2FN2O2S2. The third kappa shape index (κ3) is 4.64. The summed E-state index contributed by atoms with van der Waals surface area (Å²) in [6, 6.07) is 11.1. The summed E-state index contributed by atoms with van der Waals surface area (Å²) in [7, 11) is -3.61. The van der Waals surface area contributed by atoms with E-state index in [1.54, 1.807) is 11.3 Å². The van der Waals surface area contributed by atoms with Crippen LogP contribution < -0.4 is 4.90 Å². The number of hydrogen-bond donors (Lipinski definition) is 0. The number of anilines is 1. The van der Waals surface area contributed by atoms with E-state index in [9.17, 15) is 12.8 Å². The molecule has 1 aliphatic heterocycles. The van der Waals surface area contributed by atoms with Crippen molar-refractivity contribution in [3.63, 3.8) is 0 Å². The van der Waals surface area contributed by atoms with Gasteiger partial charge in [-0.3, -0.25) is 0 Å². The minimum Gasteiger partial charge on any atom is -0.348 e. The molecule has 0 amide bonds. The quantitative estimate of drug-likeness (QED) is 0.440. The molecule has 1 fully saturated rings. The number of benzene rings is 2. The van der Waals surface area contributed by atoms with Crippen LogP contribution in [0.4, 0.5) is 9.52 Å². The van der Waals surface area contributed by atoms with E-state index in [-0.39, 0.29) is 9.92 Å². The molecule has 4 nitrogen and oxygen atoms in total. The first-order valence-electron chi connectivity index (χ1n) is 9.45. The van der Waals surface area contributed by atoms with Crippen LogP contribution in [-0.4, -0.2) is 31.7 Å². The van der Waals surface area contributed by atoms with E-state index in [0.29, 0.717) is 31.0 Å². The van der Waals surface area contributed by atoms with Crippen LogP contribution in [0.2, 0.25) is 10.0 Å². The van der Waals surface area contributed by atoms with Crippen LogP contribution >= 0.6 is 34.5 Å². The van der Waals surface area contributed by atoms with Gasteiger partial charge < -0.3 is 4.90 Å². The monoisotopic (exact) mass is 484 g/mol. The maximum Gasteiger partial charge on any atom is 0.185 e. The van der Waals surface area contributed by atoms with Gasteiger partial charge in [0, 0.05) is 29.9 Å². The lowest BCUT2D eigenvalue weighted by Gasteiger charge is -2.31. The van der Waals surface area contributed by atoms with Crippen LogP contribution in [0.25, 0.3) is 0 Å². The first kappa shape index (κ1) is 21.6. The van der Waals surface area contributed by atoms with Crippen LogP contribution in [0.3, 0.4) is 0 Å². The molecule has 0 saturated carbocycles. The first-order chi connectivity index (χ1) is 14.3. The van der Waals surface area contributed by atoms with Crippen molar-refractivity contribution in [1.82, 2.24) is 4.98 Å². The van der Waals surface area contributed by atoms with E-state index >= 15 is 0 Å². The molecule has 0 N–H and O–H groups in total. The second-order valence-corrected chi connectivity index (χ2v) is 11.1. The summed E-state index contributed by atoms with van der Waals surface area (Å²) in [5, 5.41) is 3.03. The minimum absolute atomic E-state index is 0.00326. The summed E-state index contributed by atoms with van der Waals surface area (Å²) in [5.41, 5.74) is 2.11. The molecular weight excluding hydrogens is 466 g/mol. The Morgan fingerprint density at radius 3 is 2.47 bits per heavy atom. The largest absolute Gasteiger partial charge is 0.348 e. The lowest BCUT2D eigenvalue weighted by atomic mass is 10.1. The van der Waals surface area contributed by atoms with Crippen molar-refractivity contribution in [2.75, 3.05) is 18.0 Å². The third-order valence-corrected chi connectivity index (χ3v) is 9.13. The highest BCUT2D eigenvalue weighted by Crippen LogP contribution is 2.32. The average Bonchev–Trinajstić information content (AvgIpc) is 3.18. The number of rotatable bonds is 5. The molecule has 3 aromatic rings. The van der Waals surface area contributed by atoms with Crippen LogP contribution in [0, 0.1) is 5.82 Å². The number of hydrogen-bond acceptors (Lipinski definition) is 5. The van der Waals surface area contributed by atoms with Crippen LogP contribution in [0.1, 0.15) is 24.1 Å². The normalized spacial score (nSPS) is 15.5. The van der Waals surface area contributed by atoms with Crippen LogP contribution in [-0.2, 0) is 16.3 Å². The van der Waals surface area contributed by atoms with Crippen LogP contribution in [0.15, 0.2) is 52.7 Å². The van der Waals surface area contributed by atoms with E-state index in [1.165, 1.54) is 6.07 Å². The smallest absolute Gasteiger partial charge is 0.185 e. The number of sulfone groups is 1. The van der Waals surface area contributed by atoms with Crippen LogP contribution in [0.5, 0.6) is 0 Å². The molecule has 1 aliphatic rings. The topological polar surface area (TPSA) is 50.3 Å². The molecule has 30 heavy (non-hydrogen) atoms. The van der Waals surface area contributed by atoms with Gasteiger partial charge in [-0.1, -0.05) is 35.3 Å². The van der Waals surface area contributed by atoms with Crippen molar-refractivity contribution in [2.24, 2.45) is 0 Å². The fourth-order valence-corrected chi connectivity index (χ4v) is 6.85. The average molecular weight is 485 g/mol. The summed E-state index contributed by atoms with van der Waals surface area (Å²) in [6.45, 7) is 1.19. The van der Waals surface area contributed by atoms with E-state index in [0.717, 1.165) is 34.9 Å². The Hall–Kier alpha value is -1.67. The molecule has 0 aliphatic carbocycles. The molecule has 4 rings (SSSR count). The number of aromatic nitrogens is 1. The summed E-state index contributed by atoms with van der Waals surface area (Å²) in [6.07, 6.45) is 1.67. The second-order valence-electron chi connectivity index (χ2n) is 7.23. The van der Waals surface area contributed by atoms with E-state index in [4.69, 9.17) is 28.2 Å². The van der Waals surface area contributed by atoms with Gasteiger partial charge in [0.2, 0.25) is 0 Å². The fraction of sp³-hybridized carbons (Fsp3) is 0.286. The fourth-order valence-electron chi connectivity index (χ4n) is 3.58. The zero-order chi connectivity index (χ0) is 21.3. The van der Waals surface area contributed by atoms with Gasteiger partial charge in [-0.15, -0.1) is 11.3 Å². The predicted molar refractivity (Wildman–Crippen MR) is 120 cm³/mol. The van der Waals surface area contributed by atoms with Crippen molar-refractivity contribution in [3.05, 3.63) is 75.0 Å². The minimum atomic E-state index is -3.61. The predicted octanol–water partition coefficient (Wildman–Crippen LogP) is 5.62. The number of nitrogens with zero attached hydrogens (tertiary/aromatic N) is 2. The SMILES string of the molecule is O=S(=O)(c1ccc(F)cc1Cl)C1CCN(c2nc(Cc3ccc(Cl)cc3)cs2)CC1. The van der Waals surface area contributed by atoms with Gasteiger partial charge in [0.15, 0.2) is 15.0 Å². The molecule has 0 spiro atoms. The van der Waals surface area contributed by atoms with Crippen molar-refractivity contribution < 1.29 is 12.8 Å². The van der Waals surface area contributed by atoms with Gasteiger partial charge in [0.05, 0.1) is 20.9 Å². The Morgan fingerprint density at radius 1 is 1.10 bits per heavy atom. The number of halogens is 3. The zero-order valence-corrected chi connectivity index (χ0v) is 19.0. The first-order valence-corrected chi connectivity index (χ1v) is 12.6. The molecule has 0 bridgehead atoms. The summed E-state index contributed by atoms with van der Waals surface area (Å²) in [5.74, 6) is -0.549. The Morgan fingerprint density at radius 2 is 1.80 bits per heavy atom. The Labute approximate surface area is 189 Å². The Bertz CT molecular complexity index is 1140. The van der Waals surface area contributed by atoms with Gasteiger partial charge >= 0.3 is 0 Å². The third-order valence-electron chi connectivity index (χ3n) is 5.19. The summed E-state index contributed by atoms with van der Waals surface area (Å²) >= 11 is 13.5. The van der Waals surface area contributed by atoms with Gasteiger partial charge in [-0.2, -0.15) is 0 Å². The molecule has 0 atom stereocenters. The lowest BCUT2D eigenvalue weighted by molar-refractivity contribution is 0.529. The zero-order valence-electron chi connectivity index (χ0n) is 15.9. The highest BCUT2D eigenvalue weighted by atomic mass is 35.5. The van der Waals surface area contributed by atoms with Gasteiger partial charge in [0.25, 0.3) is 0 Å². The number of thiazole rings is 1. The molecule has 2 aromatic carbocycles. The van der Waals surface area contributed by atoms with Gasteiger partial charge in [-0.25, -0.2) is 17.8 Å². The van der Waals surface area contributed by atoms with Crippen molar-refractivity contribution in [1.29, 1.82) is 0 Å². The maximum absolute atomic E-state index is 13.3. The van der Waals surface area contributed by atoms with E-state index < -0.39 is 20.9 Å². The molecule has 0 radical (unpaired) electrons. The molecule has 2 heterocycles. The molecule has 158 valence electrons. The lowest BCUT2D eigenvalue weighted by Crippen LogP contribution is -2.39. The number of piperidine rings is 1. The maximum atomic E-state index is 13.3. The van der Waals surface area contributed by atoms with Gasteiger partial charge in [-0.05, 0) is 48.7 Å². The highest BCUT2D eigenvalue weighted by Gasteiger charge is 2.33. The van der Waals surface area contributed by atoms with Crippen molar-refractivity contribution >= 4 is 49.5 Å². The standard InChI is InChI=1S/C21H19Cl2FN2O2S2/c22-15-3-1-14(2-4-15)11-17-13-29-21(25-17)26-9-7-18(8-10-26)30(27,28)20-6-5-16(24)12-19(20)23/h1-6,12-13,18H,7-11H2. The molecule has 1 saturated heterocycles. The van der Waals surface area contributed by atoms with Crippen molar-refractivity contribution in [3.8, 4) is 0 Å². The van der Waals surface area contributed by atoms with Gasteiger partial charge in [0.1, 0.15) is 5.82 Å². The van der Waals surface area contributed by atoms with Crippen molar-refractivity contribution in [2.45, 2.75) is 29.4 Å².